The van der Waals surface area contributed by atoms with E-state index in [0.717, 1.165) is 5.71 Å². The summed E-state index contributed by atoms with van der Waals surface area (Å²) in [4.78, 5) is 4.57. The van der Waals surface area contributed by atoms with E-state index >= 15 is 0 Å². The maximum Gasteiger partial charge on any atom is 0.0727 e. The van der Waals surface area contributed by atoms with Crippen LogP contribution >= 0.6 is 0 Å². The van der Waals surface area contributed by atoms with Crippen molar-refractivity contribution in [3.63, 3.8) is 0 Å². The molecule has 1 aliphatic carbocycles. The number of benzene rings is 2. The van der Waals surface area contributed by atoms with Gasteiger partial charge in [-0.1, -0.05) is 65.8 Å². The van der Waals surface area contributed by atoms with Crippen molar-refractivity contribution in [3.05, 3.63) is 58.7 Å². The van der Waals surface area contributed by atoms with Crippen LogP contribution in [0.4, 0.5) is 0 Å². The van der Waals surface area contributed by atoms with Gasteiger partial charge in [0.25, 0.3) is 0 Å². The van der Waals surface area contributed by atoms with E-state index < -0.39 is 0 Å². The number of nitrogens with zero attached hydrogens (tertiary/aromatic N) is 1. The predicted octanol–water partition coefficient (Wildman–Crippen LogP) is 5.73. The summed E-state index contributed by atoms with van der Waals surface area (Å²) in [5, 5.41) is 0. The normalized spacial score (nSPS) is 13.8. The van der Waals surface area contributed by atoms with Gasteiger partial charge in [0.05, 0.1) is 5.71 Å². The Labute approximate surface area is 140 Å². The zero-order chi connectivity index (χ0) is 17.0. The van der Waals surface area contributed by atoms with Crippen molar-refractivity contribution in [2.45, 2.75) is 52.4 Å². The molecule has 0 saturated heterocycles. The van der Waals surface area contributed by atoms with Crippen LogP contribution in [0.3, 0.4) is 0 Å². The highest BCUT2D eigenvalue weighted by Crippen LogP contribution is 2.41. The van der Waals surface area contributed by atoms with E-state index in [1.807, 2.05) is 7.05 Å². The Kier molecular flexibility index (Phi) is 3.51. The third-order valence-electron chi connectivity index (χ3n) is 4.80. The molecule has 0 heterocycles. The minimum absolute atomic E-state index is 0.156. The van der Waals surface area contributed by atoms with Crippen molar-refractivity contribution in [2.75, 3.05) is 7.05 Å². The highest BCUT2D eigenvalue weighted by molar-refractivity contribution is 6.24. The first kappa shape index (κ1) is 16.0. The van der Waals surface area contributed by atoms with Crippen LogP contribution in [-0.4, -0.2) is 12.8 Å². The van der Waals surface area contributed by atoms with Gasteiger partial charge in [-0.25, -0.2) is 0 Å². The molecular weight excluding hydrogens is 278 g/mol. The van der Waals surface area contributed by atoms with Gasteiger partial charge in [-0.15, -0.1) is 0 Å². The second-order valence-electron chi connectivity index (χ2n) is 8.59. The Morgan fingerprint density at radius 2 is 1.00 bits per heavy atom. The first-order chi connectivity index (χ1) is 10.6. The second-order valence-corrected chi connectivity index (χ2v) is 8.59. The van der Waals surface area contributed by atoms with Crippen molar-refractivity contribution in [1.29, 1.82) is 0 Å². The molecule has 2 aromatic carbocycles. The average Bonchev–Trinajstić information content (AvgIpc) is 2.77. The summed E-state index contributed by atoms with van der Waals surface area (Å²) in [7, 11) is 1.89. The SMILES string of the molecule is CN=C1c2ccc(C(C)(C)C)cc2-c2cc(C(C)(C)C)ccc21. The summed E-state index contributed by atoms with van der Waals surface area (Å²) < 4.78 is 0. The summed E-state index contributed by atoms with van der Waals surface area (Å²) in [6, 6.07) is 13.7. The molecule has 0 spiro atoms. The smallest absolute Gasteiger partial charge is 0.0727 e. The van der Waals surface area contributed by atoms with E-state index in [4.69, 9.17) is 0 Å². The van der Waals surface area contributed by atoms with Gasteiger partial charge in [0, 0.05) is 18.2 Å². The molecule has 0 unspecified atom stereocenters. The molecule has 23 heavy (non-hydrogen) atoms. The van der Waals surface area contributed by atoms with Gasteiger partial charge in [0.15, 0.2) is 0 Å². The molecule has 0 N–H and O–H groups in total. The monoisotopic (exact) mass is 305 g/mol. The zero-order valence-corrected chi connectivity index (χ0v) is 15.4. The molecule has 0 atom stereocenters. The topological polar surface area (TPSA) is 12.4 Å². The fourth-order valence-corrected chi connectivity index (χ4v) is 3.27. The van der Waals surface area contributed by atoms with Crippen LogP contribution in [0.5, 0.6) is 0 Å². The molecule has 2 aromatic rings. The van der Waals surface area contributed by atoms with Crippen LogP contribution in [0.15, 0.2) is 41.4 Å². The standard InChI is InChI=1S/C22H27N/c1-21(2,3)14-8-10-16-18(12-14)19-13-15(22(4,5)6)9-11-17(19)20(16)23-7/h8-13H,1-7H3. The maximum atomic E-state index is 4.57. The first-order valence-electron chi connectivity index (χ1n) is 8.40. The minimum Gasteiger partial charge on any atom is -0.287 e. The van der Waals surface area contributed by atoms with E-state index in [1.54, 1.807) is 0 Å². The van der Waals surface area contributed by atoms with Crippen molar-refractivity contribution < 1.29 is 0 Å². The third kappa shape index (κ3) is 2.63. The second kappa shape index (κ2) is 5.06. The summed E-state index contributed by atoms with van der Waals surface area (Å²) in [6.45, 7) is 13.6. The highest BCUT2D eigenvalue weighted by atomic mass is 14.7. The number of rotatable bonds is 0. The molecule has 0 amide bonds. The van der Waals surface area contributed by atoms with E-state index in [-0.39, 0.29) is 10.8 Å². The molecule has 1 heteroatoms. The Morgan fingerprint density at radius 3 is 1.30 bits per heavy atom. The van der Waals surface area contributed by atoms with Crippen LogP contribution in [0.25, 0.3) is 11.1 Å². The molecule has 0 fully saturated rings. The van der Waals surface area contributed by atoms with Gasteiger partial charge < -0.3 is 0 Å². The minimum atomic E-state index is 0.156. The lowest BCUT2D eigenvalue weighted by atomic mass is 9.83. The van der Waals surface area contributed by atoms with Crippen molar-refractivity contribution in [2.24, 2.45) is 4.99 Å². The Hall–Kier alpha value is -1.89. The van der Waals surface area contributed by atoms with Crippen LogP contribution in [0.2, 0.25) is 0 Å². The van der Waals surface area contributed by atoms with E-state index in [9.17, 15) is 0 Å². The van der Waals surface area contributed by atoms with Gasteiger partial charge in [0.2, 0.25) is 0 Å². The summed E-state index contributed by atoms with van der Waals surface area (Å²) in [6.07, 6.45) is 0. The van der Waals surface area contributed by atoms with Gasteiger partial charge in [-0.3, -0.25) is 4.99 Å². The first-order valence-corrected chi connectivity index (χ1v) is 8.40. The number of hydrogen-bond donors (Lipinski definition) is 0. The highest BCUT2D eigenvalue weighted by Gasteiger charge is 2.28. The summed E-state index contributed by atoms with van der Waals surface area (Å²) in [5.41, 5.74) is 9.38. The molecule has 0 radical (unpaired) electrons. The maximum absolute atomic E-state index is 4.57. The Morgan fingerprint density at radius 1 is 0.609 bits per heavy atom. The average molecular weight is 305 g/mol. The van der Waals surface area contributed by atoms with Crippen LogP contribution in [-0.2, 0) is 10.8 Å². The van der Waals surface area contributed by atoms with Crippen molar-refractivity contribution in [3.8, 4) is 11.1 Å². The van der Waals surface area contributed by atoms with Gasteiger partial charge in [-0.05, 0) is 45.2 Å². The predicted molar refractivity (Wildman–Crippen MR) is 101 cm³/mol. The van der Waals surface area contributed by atoms with Gasteiger partial charge in [0.1, 0.15) is 0 Å². The lowest BCUT2D eigenvalue weighted by Gasteiger charge is -2.21. The molecule has 3 rings (SSSR count). The van der Waals surface area contributed by atoms with Gasteiger partial charge >= 0.3 is 0 Å². The molecule has 0 bridgehead atoms. The molecule has 120 valence electrons. The van der Waals surface area contributed by atoms with Gasteiger partial charge in [-0.2, -0.15) is 0 Å². The molecule has 1 aliphatic rings. The Bertz CT molecular complexity index is 730. The van der Waals surface area contributed by atoms with E-state index in [1.165, 1.54) is 33.4 Å². The van der Waals surface area contributed by atoms with Crippen molar-refractivity contribution >= 4 is 5.71 Å². The lowest BCUT2D eigenvalue weighted by Crippen LogP contribution is -2.11. The number of hydrogen-bond acceptors (Lipinski definition) is 1. The number of aliphatic imine (C=N–C) groups is 1. The van der Waals surface area contributed by atoms with E-state index in [0.29, 0.717) is 0 Å². The quantitative estimate of drug-likeness (QED) is 0.503. The fraction of sp³-hybridized carbons (Fsp3) is 0.409. The van der Waals surface area contributed by atoms with Crippen LogP contribution in [0, 0.1) is 0 Å². The van der Waals surface area contributed by atoms with E-state index in [2.05, 4.69) is 82.9 Å². The Balaban J connectivity index is 2.27. The largest absolute Gasteiger partial charge is 0.287 e. The molecule has 0 aliphatic heterocycles. The summed E-state index contributed by atoms with van der Waals surface area (Å²) >= 11 is 0. The number of fused-ring (bicyclic) bond motifs is 3. The van der Waals surface area contributed by atoms with Crippen LogP contribution in [0.1, 0.15) is 63.8 Å². The lowest BCUT2D eigenvalue weighted by molar-refractivity contribution is 0.589. The molecular formula is C22H27N. The molecule has 0 aromatic heterocycles. The zero-order valence-electron chi connectivity index (χ0n) is 15.4. The fourth-order valence-electron chi connectivity index (χ4n) is 3.27. The molecule has 0 saturated carbocycles. The summed E-state index contributed by atoms with van der Waals surface area (Å²) in [5.74, 6) is 0. The van der Waals surface area contributed by atoms with Crippen molar-refractivity contribution in [1.82, 2.24) is 0 Å². The third-order valence-corrected chi connectivity index (χ3v) is 4.80. The molecule has 1 nitrogen and oxygen atoms in total. The van der Waals surface area contributed by atoms with Crippen LogP contribution < -0.4 is 0 Å².